The van der Waals surface area contributed by atoms with Crippen LogP contribution < -0.4 is 0 Å². The zero-order valence-electron chi connectivity index (χ0n) is 11.0. The van der Waals surface area contributed by atoms with E-state index in [1.807, 2.05) is 37.3 Å². The highest BCUT2D eigenvalue weighted by molar-refractivity contribution is 5.79. The van der Waals surface area contributed by atoms with Crippen molar-refractivity contribution < 1.29 is 9.50 Å². The fourth-order valence-electron chi connectivity index (χ4n) is 2.35. The van der Waals surface area contributed by atoms with Gasteiger partial charge in [-0.15, -0.1) is 0 Å². The Morgan fingerprint density at radius 1 is 1.10 bits per heavy atom. The molecule has 2 nitrogen and oxygen atoms in total. The van der Waals surface area contributed by atoms with Gasteiger partial charge in [0.2, 0.25) is 0 Å². The van der Waals surface area contributed by atoms with E-state index in [-0.39, 0.29) is 5.82 Å². The molecular weight excluding hydrogens is 253 g/mol. The molecule has 1 aromatic heterocycles. The first-order valence-electron chi connectivity index (χ1n) is 6.44. The maximum Gasteiger partial charge on any atom is 0.123 e. The number of fused-ring (bicyclic) bond motifs is 1. The smallest absolute Gasteiger partial charge is 0.123 e. The summed E-state index contributed by atoms with van der Waals surface area (Å²) in [6, 6.07) is 13.8. The summed E-state index contributed by atoms with van der Waals surface area (Å²) >= 11 is 0. The number of hydrogen-bond acceptors (Lipinski definition) is 2. The second-order valence-electron chi connectivity index (χ2n) is 4.86. The van der Waals surface area contributed by atoms with Crippen LogP contribution in [0.1, 0.15) is 22.8 Å². The van der Waals surface area contributed by atoms with E-state index in [4.69, 9.17) is 0 Å². The van der Waals surface area contributed by atoms with E-state index in [9.17, 15) is 9.50 Å². The van der Waals surface area contributed by atoms with Crippen LogP contribution in [0.4, 0.5) is 4.39 Å². The molecule has 0 fully saturated rings. The topological polar surface area (TPSA) is 33.1 Å². The van der Waals surface area contributed by atoms with Gasteiger partial charge >= 0.3 is 0 Å². The lowest BCUT2D eigenvalue weighted by molar-refractivity contribution is 0.219. The quantitative estimate of drug-likeness (QED) is 0.766. The first-order chi connectivity index (χ1) is 9.65. The van der Waals surface area contributed by atoms with Gasteiger partial charge in [-0.2, -0.15) is 0 Å². The van der Waals surface area contributed by atoms with Crippen LogP contribution in [0.5, 0.6) is 0 Å². The van der Waals surface area contributed by atoms with Crippen LogP contribution in [-0.4, -0.2) is 10.1 Å². The number of aliphatic hydroxyl groups excluding tert-OH is 1. The monoisotopic (exact) mass is 267 g/mol. The molecule has 0 aliphatic rings. The van der Waals surface area contributed by atoms with Crippen LogP contribution >= 0.6 is 0 Å². The van der Waals surface area contributed by atoms with Crippen LogP contribution in [0.3, 0.4) is 0 Å². The molecule has 3 heteroatoms. The van der Waals surface area contributed by atoms with Gasteiger partial charge < -0.3 is 5.11 Å². The van der Waals surface area contributed by atoms with Crippen LogP contribution in [0.2, 0.25) is 0 Å². The Balaban J connectivity index is 2.07. The summed E-state index contributed by atoms with van der Waals surface area (Å²) in [4.78, 5) is 4.24. The largest absolute Gasteiger partial charge is 0.384 e. The minimum absolute atomic E-state index is 0.341. The minimum Gasteiger partial charge on any atom is -0.384 e. The Morgan fingerprint density at radius 2 is 1.95 bits per heavy atom. The van der Waals surface area contributed by atoms with E-state index in [1.165, 1.54) is 12.1 Å². The van der Waals surface area contributed by atoms with Gasteiger partial charge in [0.15, 0.2) is 0 Å². The molecule has 3 rings (SSSR count). The number of hydrogen-bond donors (Lipinski definition) is 1. The molecule has 100 valence electrons. The Kier molecular flexibility index (Phi) is 3.20. The van der Waals surface area contributed by atoms with Crippen molar-refractivity contribution in [3.05, 3.63) is 77.2 Å². The molecule has 0 saturated carbocycles. The van der Waals surface area contributed by atoms with E-state index in [2.05, 4.69) is 4.98 Å². The lowest BCUT2D eigenvalue weighted by Gasteiger charge is -2.15. The fourth-order valence-corrected chi connectivity index (χ4v) is 2.35. The van der Waals surface area contributed by atoms with E-state index in [1.54, 1.807) is 12.3 Å². The van der Waals surface area contributed by atoms with Crippen molar-refractivity contribution in [2.75, 3.05) is 0 Å². The molecular formula is C17H14FNO. The lowest BCUT2D eigenvalue weighted by Crippen LogP contribution is -2.02. The average molecular weight is 267 g/mol. The van der Waals surface area contributed by atoms with Gasteiger partial charge in [0.05, 0.1) is 5.52 Å². The van der Waals surface area contributed by atoms with Gasteiger partial charge in [-0.1, -0.05) is 18.2 Å². The standard InChI is InChI=1S/C17H14FNO/c1-11-4-6-14(18)10-15(11)17(20)13-5-7-16-12(9-13)3-2-8-19-16/h2-10,17,20H,1H3. The third-order valence-electron chi connectivity index (χ3n) is 3.48. The minimum atomic E-state index is -0.838. The van der Waals surface area contributed by atoms with Crippen molar-refractivity contribution >= 4 is 10.9 Å². The average Bonchev–Trinajstić information content (AvgIpc) is 2.48. The molecule has 1 heterocycles. The molecule has 2 aromatic carbocycles. The highest BCUT2D eigenvalue weighted by Gasteiger charge is 2.14. The van der Waals surface area contributed by atoms with E-state index >= 15 is 0 Å². The van der Waals surface area contributed by atoms with Crippen molar-refractivity contribution in [1.29, 1.82) is 0 Å². The van der Waals surface area contributed by atoms with Gasteiger partial charge in [-0.3, -0.25) is 4.98 Å². The summed E-state index contributed by atoms with van der Waals surface area (Å²) in [6.45, 7) is 1.86. The molecule has 20 heavy (non-hydrogen) atoms. The normalized spacial score (nSPS) is 12.6. The number of nitrogens with zero attached hydrogens (tertiary/aromatic N) is 1. The highest BCUT2D eigenvalue weighted by Crippen LogP contribution is 2.27. The summed E-state index contributed by atoms with van der Waals surface area (Å²) in [5.74, 6) is -0.341. The Morgan fingerprint density at radius 3 is 2.80 bits per heavy atom. The number of rotatable bonds is 2. The fraction of sp³-hybridized carbons (Fsp3) is 0.118. The summed E-state index contributed by atoms with van der Waals surface area (Å²) in [6.07, 6.45) is 0.894. The predicted molar refractivity (Wildman–Crippen MR) is 76.9 cm³/mol. The first kappa shape index (κ1) is 12.8. The molecule has 3 aromatic rings. The molecule has 1 atom stereocenters. The number of pyridine rings is 1. The van der Waals surface area contributed by atoms with E-state index in [0.717, 1.165) is 22.0 Å². The van der Waals surface area contributed by atoms with Crippen molar-refractivity contribution in [3.8, 4) is 0 Å². The van der Waals surface area contributed by atoms with Crippen LogP contribution in [0, 0.1) is 12.7 Å². The predicted octanol–water partition coefficient (Wildman–Crippen LogP) is 3.76. The third-order valence-corrected chi connectivity index (χ3v) is 3.48. The summed E-state index contributed by atoms with van der Waals surface area (Å²) < 4.78 is 13.4. The van der Waals surface area contributed by atoms with Gasteiger partial charge in [-0.05, 0) is 53.9 Å². The van der Waals surface area contributed by atoms with Gasteiger partial charge in [-0.25, -0.2) is 4.39 Å². The van der Waals surface area contributed by atoms with E-state index < -0.39 is 6.10 Å². The maximum atomic E-state index is 13.4. The molecule has 0 saturated heterocycles. The SMILES string of the molecule is Cc1ccc(F)cc1C(O)c1ccc2ncccc2c1. The molecule has 0 radical (unpaired) electrons. The summed E-state index contributed by atoms with van der Waals surface area (Å²) in [7, 11) is 0. The van der Waals surface area contributed by atoms with Gasteiger partial charge in [0.25, 0.3) is 0 Å². The van der Waals surface area contributed by atoms with E-state index in [0.29, 0.717) is 5.56 Å². The number of aliphatic hydroxyl groups is 1. The molecule has 1 N–H and O–H groups in total. The number of aromatic nitrogens is 1. The summed E-state index contributed by atoms with van der Waals surface area (Å²) in [5, 5.41) is 11.4. The molecule has 0 aliphatic heterocycles. The van der Waals surface area contributed by atoms with Crippen LogP contribution in [0.25, 0.3) is 10.9 Å². The number of benzene rings is 2. The Hall–Kier alpha value is -2.26. The maximum absolute atomic E-state index is 13.4. The third kappa shape index (κ3) is 2.28. The van der Waals surface area contributed by atoms with Gasteiger partial charge in [0, 0.05) is 11.6 Å². The molecule has 1 unspecified atom stereocenters. The molecule has 0 spiro atoms. The number of halogens is 1. The first-order valence-corrected chi connectivity index (χ1v) is 6.44. The Bertz CT molecular complexity index is 770. The molecule has 0 amide bonds. The molecule has 0 aliphatic carbocycles. The number of aryl methyl sites for hydroxylation is 1. The Labute approximate surface area is 116 Å². The summed E-state index contributed by atoms with van der Waals surface area (Å²) in [5.41, 5.74) is 3.07. The van der Waals surface area contributed by atoms with Crippen molar-refractivity contribution in [2.45, 2.75) is 13.0 Å². The van der Waals surface area contributed by atoms with Crippen LogP contribution in [-0.2, 0) is 0 Å². The van der Waals surface area contributed by atoms with Gasteiger partial charge in [0.1, 0.15) is 11.9 Å². The molecule has 0 bridgehead atoms. The lowest BCUT2D eigenvalue weighted by atomic mass is 9.96. The van der Waals surface area contributed by atoms with Crippen LogP contribution in [0.15, 0.2) is 54.7 Å². The zero-order valence-corrected chi connectivity index (χ0v) is 11.0. The van der Waals surface area contributed by atoms with Crippen molar-refractivity contribution in [2.24, 2.45) is 0 Å². The highest BCUT2D eigenvalue weighted by atomic mass is 19.1. The second-order valence-corrected chi connectivity index (χ2v) is 4.86. The zero-order chi connectivity index (χ0) is 14.1. The van der Waals surface area contributed by atoms with Crippen molar-refractivity contribution in [3.63, 3.8) is 0 Å². The van der Waals surface area contributed by atoms with Crippen molar-refractivity contribution in [1.82, 2.24) is 4.98 Å². The second kappa shape index (κ2) is 5.02.